The smallest absolute Gasteiger partial charge is 0.352 e. The second-order valence-corrected chi connectivity index (χ2v) is 14.0. The van der Waals surface area contributed by atoms with Crippen LogP contribution in [0.5, 0.6) is 5.75 Å². The number of esters is 1. The van der Waals surface area contributed by atoms with Gasteiger partial charge in [-0.3, -0.25) is 9.08 Å². The Balaban J connectivity index is 1.55. The fourth-order valence-corrected chi connectivity index (χ4v) is 8.02. The van der Waals surface area contributed by atoms with E-state index in [9.17, 15) is 37.9 Å². The number of hydrogen-bond donors (Lipinski definition) is 0. The molecule has 8 nitrogen and oxygen atoms in total. The number of hydrogen-bond acceptors (Lipinski definition) is 8. The summed E-state index contributed by atoms with van der Waals surface area (Å²) in [5, 5.41) is 11.4. The SMILES string of the molecule is COc1ccc(C(C#N)=NOS(=O)(=O)C=C(COC(=O)C23CC4CC(CC(C4)C2)C3)S(F)(F)(F)(F)F)cc1. The molecule has 0 unspecified atom stereocenters. The van der Waals surface area contributed by atoms with Crippen LogP contribution in [0.4, 0.5) is 19.4 Å². The van der Waals surface area contributed by atoms with Crippen molar-refractivity contribution in [2.24, 2.45) is 28.3 Å². The molecular weight excluding hydrogens is 559 g/mol. The number of carbonyl (C=O) groups is 1. The fraction of sp³-hybridized carbons (Fsp3) is 0.522. The van der Waals surface area contributed by atoms with E-state index in [2.05, 4.69) is 9.44 Å². The van der Waals surface area contributed by atoms with Crippen molar-refractivity contribution in [2.75, 3.05) is 13.7 Å². The van der Waals surface area contributed by atoms with Crippen molar-refractivity contribution in [1.29, 1.82) is 5.26 Å². The number of nitriles is 1. The van der Waals surface area contributed by atoms with Gasteiger partial charge in [0.1, 0.15) is 23.3 Å². The van der Waals surface area contributed by atoms with Crippen LogP contribution in [0.15, 0.2) is 39.7 Å². The summed E-state index contributed by atoms with van der Waals surface area (Å²) in [6, 6.07) is 6.85. The highest BCUT2D eigenvalue weighted by atomic mass is 32.5. The molecule has 0 heterocycles. The molecule has 0 aromatic heterocycles. The van der Waals surface area contributed by atoms with E-state index in [-0.39, 0.29) is 23.3 Å². The molecular formula is C23H25F5N2O6S2. The van der Waals surface area contributed by atoms with E-state index < -0.39 is 54.4 Å². The normalized spacial score (nSPS) is 29.1. The molecule has 4 fully saturated rings. The number of rotatable bonds is 9. The fourth-order valence-electron chi connectivity index (χ4n) is 6.04. The number of methoxy groups -OCH3 is 1. The first kappa shape index (κ1) is 28.2. The molecule has 0 atom stereocenters. The largest absolute Gasteiger partial charge is 0.497 e. The van der Waals surface area contributed by atoms with E-state index in [1.807, 2.05) is 0 Å². The quantitative estimate of drug-likeness (QED) is 0.148. The molecule has 0 aliphatic heterocycles. The third-order valence-electron chi connectivity index (χ3n) is 7.29. The van der Waals surface area contributed by atoms with Gasteiger partial charge in [-0.25, -0.2) is 0 Å². The molecule has 0 radical (unpaired) electrons. The summed E-state index contributed by atoms with van der Waals surface area (Å²) in [6.45, 7) is -2.01. The lowest BCUT2D eigenvalue weighted by molar-refractivity contribution is -0.170. The Kier molecular flexibility index (Phi) is 6.55. The molecule has 0 saturated heterocycles. The Hall–Kier alpha value is -2.86. The number of benzene rings is 1. The third-order valence-corrected chi connectivity index (χ3v) is 9.52. The van der Waals surface area contributed by atoms with Crippen molar-refractivity contribution in [3.8, 4) is 11.8 Å². The van der Waals surface area contributed by atoms with Crippen molar-refractivity contribution >= 4 is 32.0 Å². The molecule has 15 heteroatoms. The van der Waals surface area contributed by atoms with Gasteiger partial charge in [0.25, 0.3) is 0 Å². The lowest BCUT2D eigenvalue weighted by Gasteiger charge is -2.55. The van der Waals surface area contributed by atoms with Gasteiger partial charge >= 0.3 is 26.3 Å². The summed E-state index contributed by atoms with van der Waals surface area (Å²) in [6.07, 6.45) is 3.98. The summed E-state index contributed by atoms with van der Waals surface area (Å²) in [4.78, 5) is 10.0. The molecule has 0 N–H and O–H groups in total. The minimum atomic E-state index is -10.6. The summed E-state index contributed by atoms with van der Waals surface area (Å²) in [7, 11) is -14.8. The van der Waals surface area contributed by atoms with Crippen LogP contribution >= 0.6 is 10.2 Å². The first-order valence-corrected chi connectivity index (χ1v) is 15.0. The molecule has 1 aromatic carbocycles. The molecule has 0 spiro atoms. The van der Waals surface area contributed by atoms with Crippen LogP contribution in [0.2, 0.25) is 0 Å². The molecule has 4 aliphatic rings. The number of ether oxygens (including phenoxy) is 2. The predicted octanol–water partition coefficient (Wildman–Crippen LogP) is 6.17. The molecule has 5 rings (SSSR count). The van der Waals surface area contributed by atoms with Gasteiger partial charge < -0.3 is 9.47 Å². The van der Waals surface area contributed by atoms with Gasteiger partial charge in [0.2, 0.25) is 0 Å². The van der Waals surface area contributed by atoms with Crippen molar-refractivity contribution in [3.05, 3.63) is 40.1 Å². The highest BCUT2D eigenvalue weighted by molar-refractivity contribution is 8.48. The van der Waals surface area contributed by atoms with Gasteiger partial charge in [-0.2, -0.15) is 13.7 Å². The minimum Gasteiger partial charge on any atom is -0.497 e. The van der Waals surface area contributed by atoms with Crippen molar-refractivity contribution in [3.63, 3.8) is 0 Å². The third kappa shape index (κ3) is 6.23. The highest BCUT2D eigenvalue weighted by Gasteiger charge is 2.68. The van der Waals surface area contributed by atoms with Crippen LogP contribution in [-0.2, 0) is 23.9 Å². The van der Waals surface area contributed by atoms with Gasteiger partial charge in [0, 0.05) is 5.56 Å². The molecule has 1 aromatic rings. The van der Waals surface area contributed by atoms with E-state index in [0.717, 1.165) is 19.3 Å². The van der Waals surface area contributed by atoms with Gasteiger partial charge in [-0.1, -0.05) is 24.6 Å². The Morgan fingerprint density at radius 1 is 1.08 bits per heavy atom. The van der Waals surface area contributed by atoms with Gasteiger partial charge in [-0.15, -0.1) is 0 Å². The summed E-state index contributed by atoms with van der Waals surface area (Å²) in [5.74, 6) is 0.0291. The maximum absolute atomic E-state index is 13.7. The van der Waals surface area contributed by atoms with Gasteiger partial charge in [-0.05, 0) is 80.5 Å². The summed E-state index contributed by atoms with van der Waals surface area (Å²) < 4.78 is 107. The van der Waals surface area contributed by atoms with Crippen LogP contribution in [0.1, 0.15) is 44.1 Å². The Bertz CT molecular complexity index is 1300. The van der Waals surface area contributed by atoms with E-state index in [0.29, 0.717) is 25.0 Å². The average molecular weight is 585 g/mol. The van der Waals surface area contributed by atoms with Crippen LogP contribution in [-0.4, -0.2) is 33.8 Å². The molecule has 0 amide bonds. The van der Waals surface area contributed by atoms with Crippen molar-refractivity contribution < 1.29 is 46.4 Å². The van der Waals surface area contributed by atoms with E-state index in [1.165, 1.54) is 37.4 Å². The maximum Gasteiger partial charge on any atom is 0.352 e. The monoisotopic (exact) mass is 584 g/mol. The second-order valence-electron chi connectivity index (χ2n) is 10.2. The lowest BCUT2D eigenvalue weighted by Crippen LogP contribution is -2.50. The van der Waals surface area contributed by atoms with Gasteiger partial charge in [0.15, 0.2) is 5.71 Å². The molecule has 210 valence electrons. The van der Waals surface area contributed by atoms with Crippen molar-refractivity contribution in [2.45, 2.75) is 38.5 Å². The first-order chi connectivity index (χ1) is 17.4. The zero-order valence-electron chi connectivity index (χ0n) is 20.1. The average Bonchev–Trinajstić information content (AvgIpc) is 2.79. The van der Waals surface area contributed by atoms with Crippen LogP contribution in [0.3, 0.4) is 0 Å². The van der Waals surface area contributed by atoms with Crippen molar-refractivity contribution in [1.82, 2.24) is 0 Å². The first-order valence-electron chi connectivity index (χ1n) is 11.6. The maximum atomic E-state index is 13.7. The lowest BCUT2D eigenvalue weighted by atomic mass is 9.49. The van der Waals surface area contributed by atoms with E-state index in [1.54, 1.807) is 0 Å². The van der Waals surface area contributed by atoms with Gasteiger partial charge in [0.05, 0.1) is 17.9 Å². The topological polar surface area (TPSA) is 115 Å². The molecule has 38 heavy (non-hydrogen) atoms. The number of oxime groups is 1. The summed E-state index contributed by atoms with van der Waals surface area (Å²) in [5.41, 5.74) is -1.69. The second kappa shape index (κ2) is 8.84. The Labute approximate surface area is 216 Å². The Morgan fingerprint density at radius 2 is 1.61 bits per heavy atom. The highest BCUT2D eigenvalue weighted by Crippen LogP contribution is 3.02. The van der Waals surface area contributed by atoms with Crippen LogP contribution in [0, 0.1) is 34.5 Å². The minimum absolute atomic E-state index is 0.0184. The van der Waals surface area contributed by atoms with E-state index >= 15 is 0 Å². The Morgan fingerprint density at radius 3 is 2.05 bits per heavy atom. The zero-order valence-corrected chi connectivity index (χ0v) is 21.8. The van der Waals surface area contributed by atoms with Crippen LogP contribution in [0.25, 0.3) is 0 Å². The standard InChI is InChI=1S/C23H25F5N2O6S2/c1-34-19-4-2-18(3-5-19)21(12-29)30-36-37(32,33)14-20(38(24,25,26,27)28)13-35-22(31)23-9-15-6-16(10-23)8-17(7-15)11-23/h2-5,14-17H,6-11,13H2,1H3. The molecule has 4 bridgehead atoms. The number of carbonyl (C=O) groups excluding carboxylic acids is 1. The number of halogens is 5. The van der Waals surface area contributed by atoms with Crippen LogP contribution < -0.4 is 4.74 Å². The number of nitrogens with zero attached hydrogens (tertiary/aromatic N) is 2. The van der Waals surface area contributed by atoms with E-state index in [4.69, 9.17) is 9.47 Å². The zero-order chi connectivity index (χ0) is 28.0. The summed E-state index contributed by atoms with van der Waals surface area (Å²) >= 11 is 0. The molecule has 4 aliphatic carbocycles. The predicted molar refractivity (Wildman–Crippen MR) is 128 cm³/mol. The molecule has 4 saturated carbocycles.